The van der Waals surface area contributed by atoms with Gasteiger partial charge in [0.2, 0.25) is 5.91 Å². The molecular weight excluding hydrogens is 352 g/mol. The second kappa shape index (κ2) is 8.16. The standard InChI is InChI=1S/C16H22BrClN2O/c1-19-11-12-6-8-20(9-7-12)16(21)5-2-13-10-14(18)3-4-15(13)17/h3-4,10,12,19H,2,5-9,11H2,1H3. The van der Waals surface area contributed by atoms with Crippen LogP contribution in [0.2, 0.25) is 5.02 Å². The molecule has 3 nitrogen and oxygen atoms in total. The number of aryl methyl sites for hydroxylation is 1. The summed E-state index contributed by atoms with van der Waals surface area (Å²) in [5.74, 6) is 0.964. The molecule has 0 spiro atoms. The van der Waals surface area contributed by atoms with E-state index in [-0.39, 0.29) is 5.91 Å². The molecule has 0 aliphatic carbocycles. The monoisotopic (exact) mass is 372 g/mol. The van der Waals surface area contributed by atoms with Crippen LogP contribution in [-0.4, -0.2) is 37.5 Å². The van der Waals surface area contributed by atoms with Gasteiger partial charge >= 0.3 is 0 Å². The van der Waals surface area contributed by atoms with Crippen molar-refractivity contribution in [3.8, 4) is 0 Å². The van der Waals surface area contributed by atoms with Crippen LogP contribution in [0.4, 0.5) is 0 Å². The number of amides is 1. The number of carbonyl (C=O) groups is 1. The molecule has 1 fully saturated rings. The highest BCUT2D eigenvalue weighted by Crippen LogP contribution is 2.23. The summed E-state index contributed by atoms with van der Waals surface area (Å²) in [5.41, 5.74) is 1.10. The third kappa shape index (κ3) is 4.97. The molecule has 116 valence electrons. The highest BCUT2D eigenvalue weighted by Gasteiger charge is 2.22. The predicted molar refractivity (Wildman–Crippen MR) is 90.7 cm³/mol. The second-order valence-corrected chi connectivity index (χ2v) is 6.91. The van der Waals surface area contributed by atoms with Crippen LogP contribution >= 0.6 is 27.5 Å². The minimum Gasteiger partial charge on any atom is -0.343 e. The van der Waals surface area contributed by atoms with E-state index in [4.69, 9.17) is 11.6 Å². The number of rotatable bonds is 5. The zero-order valence-corrected chi connectivity index (χ0v) is 14.7. The zero-order chi connectivity index (χ0) is 15.2. The fourth-order valence-electron chi connectivity index (χ4n) is 2.81. The molecule has 0 unspecified atom stereocenters. The maximum atomic E-state index is 12.3. The van der Waals surface area contributed by atoms with Crippen LogP contribution < -0.4 is 5.32 Å². The van der Waals surface area contributed by atoms with E-state index in [1.165, 1.54) is 0 Å². The van der Waals surface area contributed by atoms with Crippen molar-refractivity contribution in [1.29, 1.82) is 0 Å². The average Bonchev–Trinajstić information content (AvgIpc) is 2.49. The van der Waals surface area contributed by atoms with Crippen LogP contribution in [0, 0.1) is 5.92 Å². The Morgan fingerprint density at radius 3 is 2.81 bits per heavy atom. The van der Waals surface area contributed by atoms with Crippen molar-refractivity contribution in [2.45, 2.75) is 25.7 Å². The number of piperidine rings is 1. The molecule has 0 radical (unpaired) electrons. The summed E-state index contributed by atoms with van der Waals surface area (Å²) in [4.78, 5) is 14.3. The molecular formula is C16H22BrClN2O. The molecule has 0 aromatic heterocycles. The van der Waals surface area contributed by atoms with Crippen molar-refractivity contribution < 1.29 is 4.79 Å². The van der Waals surface area contributed by atoms with E-state index >= 15 is 0 Å². The fraction of sp³-hybridized carbons (Fsp3) is 0.562. The van der Waals surface area contributed by atoms with Gasteiger partial charge < -0.3 is 10.2 Å². The number of hydrogen-bond donors (Lipinski definition) is 1. The van der Waals surface area contributed by atoms with Gasteiger partial charge in [-0.05, 0) is 62.5 Å². The molecule has 1 aromatic rings. The molecule has 0 saturated carbocycles. The lowest BCUT2D eigenvalue weighted by atomic mass is 9.96. The van der Waals surface area contributed by atoms with Crippen molar-refractivity contribution in [2.24, 2.45) is 5.92 Å². The number of likely N-dealkylation sites (tertiary alicyclic amines) is 1. The number of carbonyl (C=O) groups excluding carboxylic acids is 1. The highest BCUT2D eigenvalue weighted by atomic mass is 79.9. The minimum atomic E-state index is 0.254. The van der Waals surface area contributed by atoms with Crippen LogP contribution in [0.5, 0.6) is 0 Å². The molecule has 1 amide bonds. The smallest absolute Gasteiger partial charge is 0.222 e. The van der Waals surface area contributed by atoms with Gasteiger partial charge in [-0.25, -0.2) is 0 Å². The largest absolute Gasteiger partial charge is 0.343 e. The first-order valence-corrected chi connectivity index (χ1v) is 8.63. The van der Waals surface area contributed by atoms with Crippen LogP contribution in [0.25, 0.3) is 0 Å². The van der Waals surface area contributed by atoms with Crippen molar-refractivity contribution in [1.82, 2.24) is 10.2 Å². The molecule has 2 rings (SSSR count). The Bertz CT molecular complexity index is 487. The zero-order valence-electron chi connectivity index (χ0n) is 12.4. The maximum absolute atomic E-state index is 12.3. The number of hydrogen-bond acceptors (Lipinski definition) is 2. The van der Waals surface area contributed by atoms with E-state index < -0.39 is 0 Å². The maximum Gasteiger partial charge on any atom is 0.222 e. The fourth-order valence-corrected chi connectivity index (χ4v) is 3.45. The van der Waals surface area contributed by atoms with Gasteiger partial charge in [0.15, 0.2) is 0 Å². The van der Waals surface area contributed by atoms with E-state index in [0.29, 0.717) is 17.4 Å². The van der Waals surface area contributed by atoms with Gasteiger partial charge in [0.1, 0.15) is 0 Å². The first-order valence-electron chi connectivity index (χ1n) is 7.46. The number of nitrogens with one attached hydrogen (secondary N) is 1. The van der Waals surface area contributed by atoms with Gasteiger partial charge in [-0.15, -0.1) is 0 Å². The average molecular weight is 374 g/mol. The second-order valence-electron chi connectivity index (χ2n) is 5.62. The van der Waals surface area contributed by atoms with Crippen molar-refractivity contribution in [2.75, 3.05) is 26.7 Å². The Labute approximate surface area is 140 Å². The van der Waals surface area contributed by atoms with Crippen molar-refractivity contribution >= 4 is 33.4 Å². The predicted octanol–water partition coefficient (Wildman–Crippen LogP) is 3.49. The molecule has 0 atom stereocenters. The molecule has 1 N–H and O–H groups in total. The summed E-state index contributed by atoms with van der Waals surface area (Å²) in [6.45, 7) is 2.83. The molecule has 21 heavy (non-hydrogen) atoms. The normalized spacial score (nSPS) is 16.2. The number of nitrogens with zero attached hydrogens (tertiary/aromatic N) is 1. The Kier molecular flexibility index (Phi) is 6.52. The Morgan fingerprint density at radius 1 is 1.43 bits per heavy atom. The molecule has 1 saturated heterocycles. The van der Waals surface area contributed by atoms with E-state index in [9.17, 15) is 4.79 Å². The number of benzene rings is 1. The van der Waals surface area contributed by atoms with Gasteiger partial charge in [0.25, 0.3) is 0 Å². The van der Waals surface area contributed by atoms with E-state index in [2.05, 4.69) is 21.2 Å². The van der Waals surface area contributed by atoms with Gasteiger partial charge in [-0.3, -0.25) is 4.79 Å². The van der Waals surface area contributed by atoms with Gasteiger partial charge in [-0.1, -0.05) is 27.5 Å². The van der Waals surface area contributed by atoms with Crippen LogP contribution in [0.15, 0.2) is 22.7 Å². The SMILES string of the molecule is CNCC1CCN(C(=O)CCc2cc(Cl)ccc2Br)CC1. The van der Waals surface area contributed by atoms with Crippen molar-refractivity contribution in [3.63, 3.8) is 0 Å². The van der Waals surface area contributed by atoms with Crippen molar-refractivity contribution in [3.05, 3.63) is 33.3 Å². The number of halogens is 2. The summed E-state index contributed by atoms with van der Waals surface area (Å²) in [6.07, 6.45) is 3.49. The molecule has 0 bridgehead atoms. The van der Waals surface area contributed by atoms with Gasteiger partial charge in [-0.2, -0.15) is 0 Å². The molecule has 1 aliphatic heterocycles. The highest BCUT2D eigenvalue weighted by molar-refractivity contribution is 9.10. The van der Waals surface area contributed by atoms with Crippen LogP contribution in [-0.2, 0) is 11.2 Å². The first-order chi connectivity index (χ1) is 10.1. The summed E-state index contributed by atoms with van der Waals surface area (Å²) in [6, 6.07) is 5.72. The van der Waals surface area contributed by atoms with Gasteiger partial charge in [0.05, 0.1) is 0 Å². The van der Waals surface area contributed by atoms with Gasteiger partial charge in [0, 0.05) is 29.0 Å². The Morgan fingerprint density at radius 2 is 2.14 bits per heavy atom. The lowest BCUT2D eigenvalue weighted by molar-refractivity contribution is -0.132. The first kappa shape index (κ1) is 16.8. The lowest BCUT2D eigenvalue weighted by Gasteiger charge is -2.32. The van der Waals surface area contributed by atoms with E-state index in [1.54, 1.807) is 0 Å². The quantitative estimate of drug-likeness (QED) is 0.857. The summed E-state index contributed by atoms with van der Waals surface area (Å²) >= 11 is 9.52. The summed E-state index contributed by atoms with van der Waals surface area (Å²) in [5, 5.41) is 3.93. The molecule has 1 aliphatic rings. The molecule has 1 heterocycles. The van der Waals surface area contributed by atoms with Crippen LogP contribution in [0.3, 0.4) is 0 Å². The third-order valence-electron chi connectivity index (χ3n) is 4.08. The van der Waals surface area contributed by atoms with E-state index in [0.717, 1.165) is 48.9 Å². The Balaban J connectivity index is 1.81. The topological polar surface area (TPSA) is 32.3 Å². The third-order valence-corrected chi connectivity index (χ3v) is 5.08. The van der Waals surface area contributed by atoms with E-state index in [1.807, 2.05) is 30.1 Å². The summed E-state index contributed by atoms with van der Waals surface area (Å²) in [7, 11) is 1.99. The lowest BCUT2D eigenvalue weighted by Crippen LogP contribution is -2.40. The molecule has 1 aromatic carbocycles. The summed E-state index contributed by atoms with van der Waals surface area (Å²) < 4.78 is 1.02. The molecule has 5 heteroatoms. The minimum absolute atomic E-state index is 0.254. The Hall–Kier alpha value is -0.580. The van der Waals surface area contributed by atoms with Crippen LogP contribution in [0.1, 0.15) is 24.8 Å².